The number of nitrogens with zero attached hydrogens (tertiary/aromatic N) is 1. The first-order valence-electron chi connectivity index (χ1n) is 3.97. The zero-order valence-corrected chi connectivity index (χ0v) is 11.2. The van der Waals surface area contributed by atoms with Gasteiger partial charge in [-0.3, -0.25) is 0 Å². The Labute approximate surface area is 109 Å². The molecule has 2 nitrogen and oxygen atoms in total. The first-order chi connectivity index (χ1) is 7.13. The number of hydrogen-bond acceptors (Lipinski definition) is 3. The van der Waals surface area contributed by atoms with Gasteiger partial charge in [0.2, 0.25) is 0 Å². The molecular weight excluding hydrogens is 319 g/mol. The van der Waals surface area contributed by atoms with Crippen molar-refractivity contribution in [2.45, 2.75) is 0 Å². The summed E-state index contributed by atoms with van der Waals surface area (Å²) in [4.78, 5) is 4.20. The van der Waals surface area contributed by atoms with Gasteiger partial charge in [0.15, 0.2) is 5.13 Å². The highest BCUT2D eigenvalue weighted by atomic mass is 79.9. The SMILES string of the molecule is Clc1cc(Cl)cc(Nc2nc(Br)cs2)c1. The predicted molar refractivity (Wildman–Crippen MR) is 69.6 cm³/mol. The van der Waals surface area contributed by atoms with Crippen molar-refractivity contribution >= 4 is 61.3 Å². The maximum atomic E-state index is 5.87. The van der Waals surface area contributed by atoms with Crippen LogP contribution in [0.2, 0.25) is 10.0 Å². The number of halogens is 3. The van der Waals surface area contributed by atoms with Crippen molar-refractivity contribution in [2.24, 2.45) is 0 Å². The summed E-state index contributed by atoms with van der Waals surface area (Å²) < 4.78 is 0.808. The minimum Gasteiger partial charge on any atom is -0.331 e. The van der Waals surface area contributed by atoms with E-state index in [4.69, 9.17) is 23.2 Å². The van der Waals surface area contributed by atoms with Crippen molar-refractivity contribution in [3.05, 3.63) is 38.2 Å². The highest BCUT2D eigenvalue weighted by Gasteiger charge is 2.02. The van der Waals surface area contributed by atoms with Gasteiger partial charge in [0.05, 0.1) is 0 Å². The maximum Gasteiger partial charge on any atom is 0.188 e. The van der Waals surface area contributed by atoms with Gasteiger partial charge < -0.3 is 5.32 Å². The van der Waals surface area contributed by atoms with Gasteiger partial charge in [-0.1, -0.05) is 23.2 Å². The lowest BCUT2D eigenvalue weighted by atomic mass is 10.3. The van der Waals surface area contributed by atoms with E-state index < -0.39 is 0 Å². The van der Waals surface area contributed by atoms with Crippen LogP contribution in [0.15, 0.2) is 28.2 Å². The van der Waals surface area contributed by atoms with Gasteiger partial charge >= 0.3 is 0 Å². The molecule has 0 aliphatic rings. The van der Waals surface area contributed by atoms with Crippen LogP contribution in [0.5, 0.6) is 0 Å². The summed E-state index contributed by atoms with van der Waals surface area (Å²) in [6.45, 7) is 0. The molecule has 78 valence electrons. The monoisotopic (exact) mass is 322 g/mol. The zero-order valence-electron chi connectivity index (χ0n) is 7.30. The van der Waals surface area contributed by atoms with E-state index in [9.17, 15) is 0 Å². The average Bonchev–Trinajstić information content (AvgIpc) is 2.49. The van der Waals surface area contributed by atoms with Gasteiger partial charge in [0, 0.05) is 21.1 Å². The number of hydrogen-bond donors (Lipinski definition) is 1. The molecule has 0 aliphatic heterocycles. The van der Waals surface area contributed by atoms with E-state index >= 15 is 0 Å². The molecule has 2 aromatic rings. The smallest absolute Gasteiger partial charge is 0.188 e. The number of nitrogens with one attached hydrogen (secondary N) is 1. The third-order valence-corrected chi connectivity index (χ3v) is 3.49. The van der Waals surface area contributed by atoms with Gasteiger partial charge in [-0.2, -0.15) is 0 Å². The molecule has 0 bridgehead atoms. The fraction of sp³-hybridized carbons (Fsp3) is 0. The molecule has 0 atom stereocenters. The second-order valence-electron chi connectivity index (χ2n) is 2.76. The topological polar surface area (TPSA) is 24.9 Å². The van der Waals surface area contributed by atoms with Crippen LogP contribution in [-0.4, -0.2) is 4.98 Å². The minimum atomic E-state index is 0.598. The van der Waals surface area contributed by atoms with Crippen molar-refractivity contribution in [3.63, 3.8) is 0 Å². The average molecular weight is 324 g/mol. The van der Waals surface area contributed by atoms with Crippen molar-refractivity contribution in [1.82, 2.24) is 4.98 Å². The molecule has 6 heteroatoms. The van der Waals surface area contributed by atoms with Gasteiger partial charge in [0.1, 0.15) is 4.60 Å². The Morgan fingerprint density at radius 3 is 2.40 bits per heavy atom. The van der Waals surface area contributed by atoms with E-state index in [0.717, 1.165) is 15.4 Å². The van der Waals surface area contributed by atoms with Crippen LogP contribution in [-0.2, 0) is 0 Å². The van der Waals surface area contributed by atoms with Crippen molar-refractivity contribution in [1.29, 1.82) is 0 Å². The minimum absolute atomic E-state index is 0.598. The molecule has 0 saturated heterocycles. The summed E-state index contributed by atoms with van der Waals surface area (Å²) in [5, 5.41) is 7.00. The highest BCUT2D eigenvalue weighted by Crippen LogP contribution is 2.27. The molecule has 1 N–H and O–H groups in total. The standard InChI is InChI=1S/C9H5BrCl2N2S/c10-8-4-15-9(14-8)13-7-2-5(11)1-6(12)3-7/h1-4H,(H,13,14). The second kappa shape index (κ2) is 4.70. The van der Waals surface area contributed by atoms with Crippen LogP contribution in [0.25, 0.3) is 0 Å². The molecule has 0 aliphatic carbocycles. The lowest BCUT2D eigenvalue weighted by Crippen LogP contribution is -1.88. The van der Waals surface area contributed by atoms with Crippen molar-refractivity contribution in [3.8, 4) is 0 Å². The van der Waals surface area contributed by atoms with E-state index in [1.807, 2.05) is 5.38 Å². The molecule has 0 amide bonds. The lowest BCUT2D eigenvalue weighted by Gasteiger charge is -2.03. The fourth-order valence-electron chi connectivity index (χ4n) is 1.06. The van der Waals surface area contributed by atoms with E-state index in [1.165, 1.54) is 11.3 Å². The van der Waals surface area contributed by atoms with E-state index in [0.29, 0.717) is 10.0 Å². The van der Waals surface area contributed by atoms with Gasteiger partial charge in [0.25, 0.3) is 0 Å². The number of thiazole rings is 1. The Bertz CT molecular complexity index is 466. The Morgan fingerprint density at radius 2 is 1.87 bits per heavy atom. The number of aromatic nitrogens is 1. The molecule has 0 unspecified atom stereocenters. The molecular formula is C9H5BrCl2N2S. The third kappa shape index (κ3) is 3.08. The molecule has 2 rings (SSSR count). The van der Waals surface area contributed by atoms with E-state index in [-0.39, 0.29) is 0 Å². The summed E-state index contributed by atoms with van der Waals surface area (Å²) in [5.74, 6) is 0. The number of rotatable bonds is 2. The van der Waals surface area contributed by atoms with Crippen molar-refractivity contribution < 1.29 is 0 Å². The third-order valence-electron chi connectivity index (χ3n) is 1.59. The summed E-state index contributed by atoms with van der Waals surface area (Å²) in [7, 11) is 0. The highest BCUT2D eigenvalue weighted by molar-refractivity contribution is 9.10. The maximum absolute atomic E-state index is 5.87. The normalized spacial score (nSPS) is 10.3. The van der Waals surface area contributed by atoms with Gasteiger partial charge in [-0.15, -0.1) is 11.3 Å². The Hall–Kier alpha value is -0.290. The molecule has 0 saturated carbocycles. The van der Waals surface area contributed by atoms with E-state index in [2.05, 4.69) is 26.2 Å². The quantitative estimate of drug-likeness (QED) is 0.845. The first kappa shape index (κ1) is 11.2. The van der Waals surface area contributed by atoms with Crippen LogP contribution >= 0.6 is 50.5 Å². The van der Waals surface area contributed by atoms with Crippen LogP contribution in [0, 0.1) is 0 Å². The fourth-order valence-corrected chi connectivity index (χ4v) is 2.75. The van der Waals surface area contributed by atoms with Crippen LogP contribution in [0.3, 0.4) is 0 Å². The van der Waals surface area contributed by atoms with Crippen molar-refractivity contribution in [2.75, 3.05) is 5.32 Å². The molecule has 0 spiro atoms. The Morgan fingerprint density at radius 1 is 1.20 bits per heavy atom. The number of anilines is 2. The molecule has 1 heterocycles. The Kier molecular flexibility index (Phi) is 3.51. The van der Waals surface area contributed by atoms with Crippen LogP contribution in [0.1, 0.15) is 0 Å². The summed E-state index contributed by atoms with van der Waals surface area (Å²) in [6.07, 6.45) is 0. The van der Waals surface area contributed by atoms with Crippen LogP contribution in [0.4, 0.5) is 10.8 Å². The van der Waals surface area contributed by atoms with Crippen LogP contribution < -0.4 is 5.32 Å². The van der Waals surface area contributed by atoms with Gasteiger partial charge in [-0.05, 0) is 34.1 Å². The van der Waals surface area contributed by atoms with Gasteiger partial charge in [-0.25, -0.2) is 4.98 Å². The molecule has 0 radical (unpaired) electrons. The molecule has 15 heavy (non-hydrogen) atoms. The van der Waals surface area contributed by atoms with E-state index in [1.54, 1.807) is 18.2 Å². The second-order valence-corrected chi connectivity index (χ2v) is 5.30. The largest absolute Gasteiger partial charge is 0.331 e. The summed E-state index contributed by atoms with van der Waals surface area (Å²) >= 11 is 16.5. The lowest BCUT2D eigenvalue weighted by molar-refractivity contribution is 1.35. The first-order valence-corrected chi connectivity index (χ1v) is 6.40. The zero-order chi connectivity index (χ0) is 10.8. The summed E-state index contributed by atoms with van der Waals surface area (Å²) in [5.41, 5.74) is 0.828. The molecule has 1 aromatic heterocycles. The Balaban J connectivity index is 2.24. The molecule has 0 fully saturated rings. The summed E-state index contributed by atoms with van der Waals surface area (Å²) in [6, 6.07) is 5.28. The predicted octanol–water partition coefficient (Wildman–Crippen LogP) is 4.96. The molecule has 1 aromatic carbocycles. The number of benzene rings is 1.